The molecule has 16 heavy (non-hydrogen) atoms. The van der Waals surface area contributed by atoms with E-state index >= 15 is 0 Å². The van der Waals surface area contributed by atoms with Crippen LogP contribution in [-0.2, 0) is 0 Å². The van der Waals surface area contributed by atoms with Gasteiger partial charge >= 0.3 is 0 Å². The lowest BCUT2D eigenvalue weighted by Gasteiger charge is -2.14. The molecule has 0 atom stereocenters. The molecule has 1 heterocycles. The predicted molar refractivity (Wildman–Crippen MR) is 64.3 cm³/mol. The molecule has 0 fully saturated rings. The normalized spacial score (nSPS) is 10.8. The van der Waals surface area contributed by atoms with Gasteiger partial charge in [0.2, 0.25) is 0 Å². The molecule has 0 unspecified atom stereocenters. The van der Waals surface area contributed by atoms with Crippen molar-refractivity contribution in [3.05, 3.63) is 41.7 Å². The number of hydrogen-bond donors (Lipinski definition) is 0. The van der Waals surface area contributed by atoms with E-state index in [2.05, 4.69) is 5.10 Å². The van der Waals surface area contributed by atoms with Crippen LogP contribution in [0.5, 0.6) is 5.75 Å². The Hall–Kier alpha value is -1.48. The SMILES string of the molecule is CC(C)Oc1ccccc1-n1nccc1Cl. The maximum absolute atomic E-state index is 6.03. The van der Waals surface area contributed by atoms with E-state index in [4.69, 9.17) is 16.3 Å². The molecular weight excluding hydrogens is 224 g/mol. The first-order chi connectivity index (χ1) is 7.68. The number of para-hydroxylation sites is 2. The lowest BCUT2D eigenvalue weighted by molar-refractivity contribution is 0.241. The minimum Gasteiger partial charge on any atom is -0.489 e. The van der Waals surface area contributed by atoms with Gasteiger partial charge in [0.25, 0.3) is 0 Å². The molecule has 0 N–H and O–H groups in total. The summed E-state index contributed by atoms with van der Waals surface area (Å²) in [5, 5.41) is 4.73. The van der Waals surface area contributed by atoms with Crippen molar-refractivity contribution < 1.29 is 4.74 Å². The molecule has 0 amide bonds. The van der Waals surface area contributed by atoms with Crippen LogP contribution in [0, 0.1) is 0 Å². The number of nitrogens with zero attached hydrogens (tertiary/aromatic N) is 2. The lowest BCUT2D eigenvalue weighted by Crippen LogP contribution is -2.08. The second kappa shape index (κ2) is 4.58. The van der Waals surface area contributed by atoms with E-state index in [0.717, 1.165) is 11.4 Å². The molecule has 0 saturated carbocycles. The summed E-state index contributed by atoms with van der Waals surface area (Å²) >= 11 is 6.03. The van der Waals surface area contributed by atoms with E-state index in [1.807, 2.05) is 38.1 Å². The van der Waals surface area contributed by atoms with Crippen molar-refractivity contribution in [2.24, 2.45) is 0 Å². The predicted octanol–water partition coefficient (Wildman–Crippen LogP) is 3.31. The van der Waals surface area contributed by atoms with Crippen LogP contribution in [0.2, 0.25) is 5.15 Å². The summed E-state index contributed by atoms with van der Waals surface area (Å²) in [6, 6.07) is 9.44. The van der Waals surface area contributed by atoms with E-state index in [1.54, 1.807) is 16.9 Å². The van der Waals surface area contributed by atoms with Crippen LogP contribution in [0.4, 0.5) is 0 Å². The zero-order valence-electron chi connectivity index (χ0n) is 9.22. The molecule has 84 valence electrons. The van der Waals surface area contributed by atoms with Gasteiger partial charge in [-0.15, -0.1) is 0 Å². The minimum absolute atomic E-state index is 0.121. The maximum atomic E-state index is 6.03. The number of benzene rings is 1. The average molecular weight is 237 g/mol. The van der Waals surface area contributed by atoms with Gasteiger partial charge in [-0.05, 0) is 32.0 Å². The first kappa shape index (κ1) is 11.0. The maximum Gasteiger partial charge on any atom is 0.145 e. The van der Waals surface area contributed by atoms with Crippen molar-refractivity contribution in [1.82, 2.24) is 9.78 Å². The van der Waals surface area contributed by atoms with Gasteiger partial charge in [0.15, 0.2) is 0 Å². The molecular formula is C12H13ClN2O. The van der Waals surface area contributed by atoms with Crippen LogP contribution < -0.4 is 4.74 Å². The highest BCUT2D eigenvalue weighted by atomic mass is 35.5. The largest absolute Gasteiger partial charge is 0.489 e. The van der Waals surface area contributed by atoms with Gasteiger partial charge in [0.1, 0.15) is 16.6 Å². The Labute approximate surface area is 99.6 Å². The van der Waals surface area contributed by atoms with Gasteiger partial charge in [0.05, 0.1) is 12.3 Å². The molecule has 2 rings (SSSR count). The summed E-state index contributed by atoms with van der Waals surface area (Å²) in [6.07, 6.45) is 1.78. The van der Waals surface area contributed by atoms with E-state index < -0.39 is 0 Å². The van der Waals surface area contributed by atoms with E-state index in [-0.39, 0.29) is 6.10 Å². The molecule has 3 nitrogen and oxygen atoms in total. The Balaban J connectivity index is 2.44. The highest BCUT2D eigenvalue weighted by Crippen LogP contribution is 2.25. The fraction of sp³-hybridized carbons (Fsp3) is 0.250. The van der Waals surface area contributed by atoms with Gasteiger partial charge in [-0.2, -0.15) is 5.10 Å². The number of halogens is 1. The van der Waals surface area contributed by atoms with Gasteiger partial charge < -0.3 is 4.74 Å². The molecule has 4 heteroatoms. The summed E-state index contributed by atoms with van der Waals surface area (Å²) in [4.78, 5) is 0. The quantitative estimate of drug-likeness (QED) is 0.818. The summed E-state index contributed by atoms with van der Waals surface area (Å²) in [6.45, 7) is 3.98. The zero-order chi connectivity index (χ0) is 11.5. The topological polar surface area (TPSA) is 27.1 Å². The molecule has 0 spiro atoms. The third-order valence-corrected chi connectivity index (χ3v) is 2.34. The van der Waals surface area contributed by atoms with Crippen LogP contribution in [0.1, 0.15) is 13.8 Å². The molecule has 0 bridgehead atoms. The van der Waals surface area contributed by atoms with E-state index in [9.17, 15) is 0 Å². The van der Waals surface area contributed by atoms with Crippen molar-refractivity contribution in [3.8, 4) is 11.4 Å². The number of rotatable bonds is 3. The van der Waals surface area contributed by atoms with Crippen molar-refractivity contribution in [2.75, 3.05) is 0 Å². The lowest BCUT2D eigenvalue weighted by atomic mass is 10.3. The molecule has 0 radical (unpaired) electrons. The zero-order valence-corrected chi connectivity index (χ0v) is 9.98. The van der Waals surface area contributed by atoms with Gasteiger partial charge in [-0.3, -0.25) is 0 Å². The van der Waals surface area contributed by atoms with Gasteiger partial charge in [0, 0.05) is 0 Å². The van der Waals surface area contributed by atoms with Gasteiger partial charge in [-0.1, -0.05) is 23.7 Å². The van der Waals surface area contributed by atoms with Crippen molar-refractivity contribution in [2.45, 2.75) is 20.0 Å². The Morgan fingerprint density at radius 2 is 2.00 bits per heavy atom. The number of ether oxygens (including phenoxy) is 1. The number of hydrogen-bond acceptors (Lipinski definition) is 2. The van der Waals surface area contributed by atoms with Crippen LogP contribution in [0.25, 0.3) is 5.69 Å². The Morgan fingerprint density at radius 3 is 2.62 bits per heavy atom. The van der Waals surface area contributed by atoms with E-state index in [1.165, 1.54) is 0 Å². The third-order valence-electron chi connectivity index (χ3n) is 2.05. The molecule has 2 aromatic rings. The van der Waals surface area contributed by atoms with Crippen molar-refractivity contribution in [3.63, 3.8) is 0 Å². The first-order valence-electron chi connectivity index (χ1n) is 5.14. The molecule has 0 aliphatic heterocycles. The third kappa shape index (κ3) is 2.19. The smallest absolute Gasteiger partial charge is 0.145 e. The monoisotopic (exact) mass is 236 g/mol. The average Bonchev–Trinajstić information content (AvgIpc) is 2.64. The first-order valence-corrected chi connectivity index (χ1v) is 5.52. The fourth-order valence-electron chi connectivity index (χ4n) is 1.45. The highest BCUT2D eigenvalue weighted by Gasteiger charge is 2.09. The van der Waals surface area contributed by atoms with Crippen LogP contribution in [0.3, 0.4) is 0 Å². The second-order valence-corrected chi connectivity index (χ2v) is 4.09. The van der Waals surface area contributed by atoms with Gasteiger partial charge in [-0.25, -0.2) is 4.68 Å². The molecule has 1 aromatic carbocycles. The van der Waals surface area contributed by atoms with E-state index in [0.29, 0.717) is 5.15 Å². The van der Waals surface area contributed by atoms with Crippen LogP contribution in [-0.4, -0.2) is 15.9 Å². The molecule has 0 saturated heterocycles. The number of aromatic nitrogens is 2. The highest BCUT2D eigenvalue weighted by molar-refractivity contribution is 6.29. The Kier molecular flexibility index (Phi) is 3.15. The Bertz CT molecular complexity index is 479. The molecule has 0 aliphatic carbocycles. The summed E-state index contributed by atoms with van der Waals surface area (Å²) in [7, 11) is 0. The summed E-state index contributed by atoms with van der Waals surface area (Å²) in [5.74, 6) is 0.781. The second-order valence-electron chi connectivity index (χ2n) is 3.70. The molecule has 1 aromatic heterocycles. The van der Waals surface area contributed by atoms with Crippen molar-refractivity contribution in [1.29, 1.82) is 0 Å². The summed E-state index contributed by atoms with van der Waals surface area (Å²) in [5.41, 5.74) is 0.853. The van der Waals surface area contributed by atoms with Crippen molar-refractivity contribution >= 4 is 11.6 Å². The summed E-state index contributed by atoms with van der Waals surface area (Å²) < 4.78 is 7.36. The standard InChI is InChI=1S/C12H13ClN2O/c1-9(2)16-11-6-4-3-5-10(11)15-12(13)7-8-14-15/h3-9H,1-2H3. The fourth-order valence-corrected chi connectivity index (χ4v) is 1.64. The van der Waals surface area contributed by atoms with Crippen LogP contribution in [0.15, 0.2) is 36.5 Å². The van der Waals surface area contributed by atoms with Crippen LogP contribution >= 0.6 is 11.6 Å². The minimum atomic E-state index is 0.121. The molecule has 0 aliphatic rings. The Morgan fingerprint density at radius 1 is 1.25 bits per heavy atom.